The minimum Gasteiger partial charge on any atom is -0.484 e. The molecule has 0 bridgehead atoms. The maximum atomic E-state index is 12.2. The molecular formula is C24H23N3O4. The smallest absolute Gasteiger partial charge is 0.274 e. The minimum absolute atomic E-state index is 0.0292. The minimum atomic E-state index is -0.425. The summed E-state index contributed by atoms with van der Waals surface area (Å²) in [5.74, 6) is 0.267. The van der Waals surface area contributed by atoms with Gasteiger partial charge in [-0.1, -0.05) is 24.3 Å². The third kappa shape index (κ3) is 5.99. The van der Waals surface area contributed by atoms with Gasteiger partial charge in [-0.2, -0.15) is 0 Å². The maximum absolute atomic E-state index is 12.2. The van der Waals surface area contributed by atoms with Crippen molar-refractivity contribution in [2.24, 2.45) is 4.99 Å². The van der Waals surface area contributed by atoms with E-state index >= 15 is 0 Å². The third-order valence-corrected chi connectivity index (χ3v) is 4.77. The molecule has 0 aliphatic rings. The summed E-state index contributed by atoms with van der Waals surface area (Å²) < 4.78 is 5.59. The van der Waals surface area contributed by atoms with Crippen LogP contribution in [0.1, 0.15) is 22.3 Å². The number of aliphatic imine (C=N–C) groups is 1. The van der Waals surface area contributed by atoms with Crippen LogP contribution in [0.25, 0.3) is 0 Å². The van der Waals surface area contributed by atoms with Gasteiger partial charge in [0.25, 0.3) is 11.6 Å². The van der Waals surface area contributed by atoms with Gasteiger partial charge in [-0.3, -0.25) is 19.9 Å². The van der Waals surface area contributed by atoms with Crippen molar-refractivity contribution in [3.05, 3.63) is 93.0 Å². The molecule has 0 saturated carbocycles. The van der Waals surface area contributed by atoms with Crippen LogP contribution in [-0.4, -0.2) is 23.7 Å². The summed E-state index contributed by atoms with van der Waals surface area (Å²) in [6.07, 6.45) is 1.59. The van der Waals surface area contributed by atoms with Gasteiger partial charge < -0.3 is 10.1 Å². The van der Waals surface area contributed by atoms with Crippen LogP contribution in [0.15, 0.2) is 65.7 Å². The molecule has 0 unspecified atom stereocenters. The quantitative estimate of drug-likeness (QED) is 0.321. The van der Waals surface area contributed by atoms with E-state index in [9.17, 15) is 14.9 Å². The van der Waals surface area contributed by atoms with E-state index in [-0.39, 0.29) is 18.2 Å². The summed E-state index contributed by atoms with van der Waals surface area (Å²) in [7, 11) is 0. The third-order valence-electron chi connectivity index (χ3n) is 4.77. The summed E-state index contributed by atoms with van der Waals surface area (Å²) >= 11 is 0. The molecule has 0 heterocycles. The van der Waals surface area contributed by atoms with Crippen molar-refractivity contribution in [3.8, 4) is 5.75 Å². The van der Waals surface area contributed by atoms with Crippen LogP contribution in [0, 0.1) is 30.9 Å². The lowest BCUT2D eigenvalue weighted by Crippen LogP contribution is -2.20. The lowest BCUT2D eigenvalue weighted by molar-refractivity contribution is -0.385. The Bertz CT molecular complexity index is 1160. The molecule has 0 aliphatic carbocycles. The van der Waals surface area contributed by atoms with E-state index in [4.69, 9.17) is 4.74 Å². The lowest BCUT2D eigenvalue weighted by atomic mass is 10.1. The summed E-state index contributed by atoms with van der Waals surface area (Å²) in [4.78, 5) is 27.1. The number of hydrogen-bond acceptors (Lipinski definition) is 5. The average Bonchev–Trinajstić information content (AvgIpc) is 2.74. The van der Waals surface area contributed by atoms with Gasteiger partial charge in [-0.05, 0) is 67.8 Å². The van der Waals surface area contributed by atoms with Crippen LogP contribution in [0.4, 0.5) is 17.1 Å². The predicted molar refractivity (Wildman–Crippen MR) is 122 cm³/mol. The summed E-state index contributed by atoms with van der Waals surface area (Å²) in [6.45, 7) is 5.56. The fourth-order valence-corrected chi connectivity index (χ4v) is 2.87. The van der Waals surface area contributed by atoms with Crippen molar-refractivity contribution in [2.45, 2.75) is 20.8 Å². The summed E-state index contributed by atoms with van der Waals surface area (Å²) in [6, 6.07) is 17.7. The molecule has 7 heteroatoms. The number of nitrogens with zero attached hydrogens (tertiary/aromatic N) is 2. The van der Waals surface area contributed by atoms with Crippen LogP contribution in [0.3, 0.4) is 0 Å². The Morgan fingerprint density at radius 3 is 2.55 bits per heavy atom. The maximum Gasteiger partial charge on any atom is 0.274 e. The standard InChI is InChI=1S/C24H23N3O4/c1-16-7-10-21(11-18(16)3)26-24(28)15-31-22-6-4-5-19(12-22)14-25-20-9-8-17(2)23(13-20)27(29)30/h4-14H,15H2,1-3H3,(H,26,28). The van der Waals surface area contributed by atoms with Crippen LogP contribution >= 0.6 is 0 Å². The number of benzene rings is 3. The molecule has 0 radical (unpaired) electrons. The number of nitrogens with one attached hydrogen (secondary N) is 1. The van der Waals surface area contributed by atoms with Crippen LogP contribution < -0.4 is 10.1 Å². The molecular weight excluding hydrogens is 394 g/mol. The highest BCUT2D eigenvalue weighted by Crippen LogP contribution is 2.24. The number of anilines is 1. The van der Waals surface area contributed by atoms with E-state index in [1.165, 1.54) is 6.07 Å². The number of ether oxygens (including phenoxy) is 1. The first-order chi connectivity index (χ1) is 14.8. The number of carbonyl (C=O) groups excluding carboxylic acids is 1. The first kappa shape index (κ1) is 21.7. The normalized spacial score (nSPS) is 10.8. The largest absolute Gasteiger partial charge is 0.484 e. The van der Waals surface area contributed by atoms with Crippen molar-refractivity contribution >= 4 is 29.2 Å². The number of carbonyl (C=O) groups is 1. The fraction of sp³-hybridized carbons (Fsp3) is 0.167. The molecule has 0 spiro atoms. The molecule has 3 rings (SSSR count). The van der Waals surface area contributed by atoms with E-state index in [1.54, 1.807) is 43.5 Å². The van der Waals surface area contributed by atoms with Crippen molar-refractivity contribution in [1.29, 1.82) is 0 Å². The SMILES string of the molecule is Cc1ccc(NC(=O)COc2cccc(C=Nc3ccc(C)c([N+](=O)[O-])c3)c2)cc1C. The monoisotopic (exact) mass is 417 g/mol. The number of amides is 1. The molecule has 31 heavy (non-hydrogen) atoms. The Kier molecular flexibility index (Phi) is 6.77. The molecule has 1 N–H and O–H groups in total. The van der Waals surface area contributed by atoms with Crippen molar-refractivity contribution in [2.75, 3.05) is 11.9 Å². The molecule has 1 amide bonds. The molecule has 0 atom stereocenters. The van der Waals surface area contributed by atoms with E-state index in [0.29, 0.717) is 17.0 Å². The van der Waals surface area contributed by atoms with Crippen LogP contribution in [0.2, 0.25) is 0 Å². The van der Waals surface area contributed by atoms with Crippen molar-refractivity contribution < 1.29 is 14.5 Å². The first-order valence-corrected chi connectivity index (χ1v) is 9.71. The Labute approximate surface area is 180 Å². The number of nitro groups is 1. The zero-order chi connectivity index (χ0) is 22.4. The van der Waals surface area contributed by atoms with E-state index in [2.05, 4.69) is 10.3 Å². The lowest BCUT2D eigenvalue weighted by Gasteiger charge is -2.09. The zero-order valence-electron chi connectivity index (χ0n) is 17.6. The predicted octanol–water partition coefficient (Wildman–Crippen LogP) is 5.29. The van der Waals surface area contributed by atoms with Crippen molar-refractivity contribution in [1.82, 2.24) is 0 Å². The van der Waals surface area contributed by atoms with E-state index in [0.717, 1.165) is 22.4 Å². The van der Waals surface area contributed by atoms with E-state index in [1.807, 2.05) is 38.1 Å². The second-order valence-corrected chi connectivity index (χ2v) is 7.19. The molecule has 3 aromatic rings. The molecule has 0 aromatic heterocycles. The zero-order valence-corrected chi connectivity index (χ0v) is 17.6. The Balaban J connectivity index is 1.61. The first-order valence-electron chi connectivity index (χ1n) is 9.71. The van der Waals surface area contributed by atoms with Gasteiger partial charge in [0.15, 0.2) is 6.61 Å². The summed E-state index contributed by atoms with van der Waals surface area (Å²) in [5.41, 5.74) is 4.83. The van der Waals surface area contributed by atoms with Crippen molar-refractivity contribution in [3.63, 3.8) is 0 Å². The number of rotatable bonds is 7. The molecule has 3 aromatic carbocycles. The highest BCUT2D eigenvalue weighted by atomic mass is 16.6. The molecule has 7 nitrogen and oxygen atoms in total. The van der Waals surface area contributed by atoms with Gasteiger partial charge in [-0.25, -0.2) is 0 Å². The topological polar surface area (TPSA) is 93.8 Å². The second-order valence-electron chi connectivity index (χ2n) is 7.19. The molecule has 158 valence electrons. The highest BCUT2D eigenvalue weighted by molar-refractivity contribution is 5.92. The van der Waals surface area contributed by atoms with Crippen LogP contribution in [-0.2, 0) is 4.79 Å². The summed E-state index contributed by atoms with van der Waals surface area (Å²) in [5, 5.41) is 13.9. The van der Waals surface area contributed by atoms with Gasteiger partial charge >= 0.3 is 0 Å². The van der Waals surface area contributed by atoms with Gasteiger partial charge in [0, 0.05) is 23.5 Å². The Morgan fingerprint density at radius 2 is 1.81 bits per heavy atom. The molecule has 0 fully saturated rings. The van der Waals surface area contributed by atoms with Gasteiger partial charge in [0.2, 0.25) is 0 Å². The Hall–Kier alpha value is -4.00. The second kappa shape index (κ2) is 9.67. The van der Waals surface area contributed by atoms with Gasteiger partial charge in [0.1, 0.15) is 5.75 Å². The van der Waals surface area contributed by atoms with Gasteiger partial charge in [-0.15, -0.1) is 0 Å². The number of nitro benzene ring substituents is 1. The molecule has 0 saturated heterocycles. The number of aryl methyl sites for hydroxylation is 3. The average molecular weight is 417 g/mol. The van der Waals surface area contributed by atoms with E-state index < -0.39 is 4.92 Å². The Morgan fingerprint density at radius 1 is 1.03 bits per heavy atom. The molecule has 0 aliphatic heterocycles. The number of hydrogen-bond donors (Lipinski definition) is 1. The van der Waals surface area contributed by atoms with Gasteiger partial charge in [0.05, 0.1) is 10.6 Å². The highest BCUT2D eigenvalue weighted by Gasteiger charge is 2.10. The van der Waals surface area contributed by atoms with Crippen LogP contribution in [0.5, 0.6) is 5.75 Å². The fourth-order valence-electron chi connectivity index (χ4n) is 2.87.